The smallest absolute Gasteiger partial charge is 0.275 e. The number of carbonyl (C=O) groups excluding carboxylic acids is 2. The maximum absolute atomic E-state index is 12.6. The van der Waals surface area contributed by atoms with E-state index in [9.17, 15) is 22.8 Å². The van der Waals surface area contributed by atoms with E-state index in [4.69, 9.17) is 0 Å². The highest BCUT2D eigenvalue weighted by atomic mass is 19.4. The average molecular weight is 271 g/mol. The topological polar surface area (TPSA) is 37.4 Å². The second-order valence-electron chi connectivity index (χ2n) is 4.49. The molecule has 0 aromatic heterocycles. The Hall–Kier alpha value is -1.85. The van der Waals surface area contributed by atoms with Gasteiger partial charge in [-0.05, 0) is 12.5 Å². The summed E-state index contributed by atoms with van der Waals surface area (Å²) in [5.41, 5.74) is 0.632. The standard InChI is InChI=1S/C13H12F3NO2/c1-8(9-5-3-2-4-6-9)17-11(18)7-10(12(17)19)13(14,15)16/h2-6,8,10H,7H2,1H3. The number of halogens is 3. The van der Waals surface area contributed by atoms with Gasteiger partial charge in [0.05, 0.1) is 6.04 Å². The molecule has 0 spiro atoms. The monoisotopic (exact) mass is 271 g/mol. The molecule has 0 bridgehead atoms. The Bertz CT molecular complexity index is 498. The lowest BCUT2D eigenvalue weighted by Crippen LogP contribution is -2.36. The van der Waals surface area contributed by atoms with Crippen LogP contribution in [-0.4, -0.2) is 22.9 Å². The van der Waals surface area contributed by atoms with E-state index in [1.807, 2.05) is 0 Å². The van der Waals surface area contributed by atoms with E-state index in [0.717, 1.165) is 0 Å². The van der Waals surface area contributed by atoms with Crippen molar-refractivity contribution in [3.63, 3.8) is 0 Å². The van der Waals surface area contributed by atoms with Gasteiger partial charge >= 0.3 is 6.18 Å². The summed E-state index contributed by atoms with van der Waals surface area (Å²) >= 11 is 0. The molecule has 1 aliphatic rings. The summed E-state index contributed by atoms with van der Waals surface area (Å²) in [7, 11) is 0. The minimum atomic E-state index is -4.67. The van der Waals surface area contributed by atoms with Crippen molar-refractivity contribution in [3.8, 4) is 0 Å². The highest BCUT2D eigenvalue weighted by Gasteiger charge is 2.54. The molecule has 0 radical (unpaired) electrons. The lowest BCUT2D eigenvalue weighted by molar-refractivity contribution is -0.181. The predicted molar refractivity (Wildman–Crippen MR) is 60.9 cm³/mol. The number of alkyl halides is 3. The van der Waals surface area contributed by atoms with E-state index in [0.29, 0.717) is 10.5 Å². The zero-order valence-corrected chi connectivity index (χ0v) is 10.1. The fourth-order valence-corrected chi connectivity index (χ4v) is 2.19. The normalized spacial score (nSPS) is 21.9. The predicted octanol–water partition coefficient (Wildman–Crippen LogP) is 2.69. The number of rotatable bonds is 2. The lowest BCUT2D eigenvalue weighted by Gasteiger charge is -2.23. The van der Waals surface area contributed by atoms with Crippen LogP contribution in [-0.2, 0) is 9.59 Å². The molecule has 2 amide bonds. The molecule has 1 heterocycles. The van der Waals surface area contributed by atoms with Crippen molar-refractivity contribution in [2.24, 2.45) is 5.92 Å². The Morgan fingerprint density at radius 3 is 2.26 bits per heavy atom. The van der Waals surface area contributed by atoms with Gasteiger partial charge in [-0.2, -0.15) is 13.2 Å². The summed E-state index contributed by atoms with van der Waals surface area (Å²) in [5.74, 6) is -4.14. The number of hydrogen-bond acceptors (Lipinski definition) is 2. The van der Waals surface area contributed by atoms with Crippen LogP contribution < -0.4 is 0 Å². The molecule has 2 unspecified atom stereocenters. The summed E-state index contributed by atoms with van der Waals surface area (Å²) in [6.07, 6.45) is -5.46. The fraction of sp³-hybridized carbons (Fsp3) is 0.385. The third-order valence-electron chi connectivity index (χ3n) is 3.25. The van der Waals surface area contributed by atoms with Crippen molar-refractivity contribution in [2.75, 3.05) is 0 Å². The average Bonchev–Trinajstić information content (AvgIpc) is 2.65. The Morgan fingerprint density at radius 1 is 1.21 bits per heavy atom. The van der Waals surface area contributed by atoms with Gasteiger partial charge in [0.25, 0.3) is 0 Å². The fourth-order valence-electron chi connectivity index (χ4n) is 2.19. The number of amides is 2. The molecule has 2 atom stereocenters. The van der Waals surface area contributed by atoms with Crippen LogP contribution in [0.2, 0.25) is 0 Å². The van der Waals surface area contributed by atoms with Crippen molar-refractivity contribution in [3.05, 3.63) is 35.9 Å². The highest BCUT2D eigenvalue weighted by Crippen LogP contribution is 2.38. The van der Waals surface area contributed by atoms with Gasteiger partial charge in [-0.3, -0.25) is 14.5 Å². The molecule has 3 nitrogen and oxygen atoms in total. The molecular formula is C13H12F3NO2. The molecule has 1 saturated heterocycles. The maximum Gasteiger partial charge on any atom is 0.401 e. The molecule has 19 heavy (non-hydrogen) atoms. The van der Waals surface area contributed by atoms with Crippen molar-refractivity contribution in [1.82, 2.24) is 4.90 Å². The van der Waals surface area contributed by atoms with Gasteiger partial charge in [-0.25, -0.2) is 0 Å². The van der Waals surface area contributed by atoms with E-state index in [2.05, 4.69) is 0 Å². The Balaban J connectivity index is 2.26. The van der Waals surface area contributed by atoms with Crippen LogP contribution >= 0.6 is 0 Å². The van der Waals surface area contributed by atoms with Gasteiger partial charge in [0, 0.05) is 6.42 Å². The quantitative estimate of drug-likeness (QED) is 0.775. The van der Waals surface area contributed by atoms with Crippen LogP contribution in [0, 0.1) is 5.92 Å². The third kappa shape index (κ3) is 2.47. The van der Waals surface area contributed by atoms with Gasteiger partial charge in [0.1, 0.15) is 5.92 Å². The Kier molecular flexibility index (Phi) is 3.34. The van der Waals surface area contributed by atoms with Crippen molar-refractivity contribution >= 4 is 11.8 Å². The summed E-state index contributed by atoms with van der Waals surface area (Å²) in [4.78, 5) is 24.1. The zero-order chi connectivity index (χ0) is 14.2. The number of nitrogens with zero attached hydrogens (tertiary/aromatic N) is 1. The lowest BCUT2D eigenvalue weighted by atomic mass is 10.1. The van der Waals surface area contributed by atoms with Crippen molar-refractivity contribution in [1.29, 1.82) is 0 Å². The largest absolute Gasteiger partial charge is 0.401 e. The molecule has 0 aliphatic carbocycles. The van der Waals surface area contributed by atoms with E-state index in [1.165, 1.54) is 0 Å². The molecular weight excluding hydrogens is 259 g/mol. The van der Waals surface area contributed by atoms with Gasteiger partial charge in [-0.15, -0.1) is 0 Å². The number of carbonyl (C=O) groups is 2. The van der Waals surface area contributed by atoms with Crippen LogP contribution in [0.15, 0.2) is 30.3 Å². The zero-order valence-electron chi connectivity index (χ0n) is 10.1. The van der Waals surface area contributed by atoms with Crippen LogP contribution in [0.4, 0.5) is 13.2 Å². The Labute approximate surface area is 108 Å². The van der Waals surface area contributed by atoms with Crippen LogP contribution in [0.25, 0.3) is 0 Å². The molecule has 0 saturated carbocycles. The van der Waals surface area contributed by atoms with Crippen molar-refractivity contribution < 1.29 is 22.8 Å². The summed E-state index contributed by atoms with van der Waals surface area (Å²) in [5, 5.41) is 0. The molecule has 1 aromatic rings. The molecule has 1 fully saturated rings. The van der Waals surface area contributed by atoms with E-state index < -0.39 is 36.4 Å². The first kappa shape index (κ1) is 13.6. The van der Waals surface area contributed by atoms with E-state index >= 15 is 0 Å². The molecule has 2 rings (SSSR count). The number of imide groups is 1. The van der Waals surface area contributed by atoms with E-state index in [-0.39, 0.29) is 0 Å². The first-order valence-corrected chi connectivity index (χ1v) is 5.80. The van der Waals surface area contributed by atoms with Gasteiger partial charge in [0.15, 0.2) is 0 Å². The number of hydrogen-bond donors (Lipinski definition) is 0. The van der Waals surface area contributed by atoms with Gasteiger partial charge in [-0.1, -0.05) is 30.3 Å². The molecule has 1 aliphatic heterocycles. The molecule has 102 valence electrons. The molecule has 6 heteroatoms. The van der Waals surface area contributed by atoms with Gasteiger partial charge in [0.2, 0.25) is 11.8 Å². The van der Waals surface area contributed by atoms with Crippen LogP contribution in [0.3, 0.4) is 0 Å². The first-order chi connectivity index (χ1) is 8.82. The highest BCUT2D eigenvalue weighted by molar-refractivity contribution is 6.04. The van der Waals surface area contributed by atoms with E-state index in [1.54, 1.807) is 37.3 Å². The summed E-state index contributed by atoms with van der Waals surface area (Å²) in [6, 6.07) is 7.82. The van der Waals surface area contributed by atoms with Crippen LogP contribution in [0.1, 0.15) is 24.9 Å². The van der Waals surface area contributed by atoms with Crippen LogP contribution in [0.5, 0.6) is 0 Å². The molecule has 1 aromatic carbocycles. The summed E-state index contributed by atoms with van der Waals surface area (Å²) in [6.45, 7) is 1.55. The first-order valence-electron chi connectivity index (χ1n) is 5.80. The van der Waals surface area contributed by atoms with Gasteiger partial charge < -0.3 is 0 Å². The number of benzene rings is 1. The maximum atomic E-state index is 12.6. The second-order valence-corrected chi connectivity index (χ2v) is 4.49. The van der Waals surface area contributed by atoms with Crippen molar-refractivity contribution in [2.45, 2.75) is 25.6 Å². The minimum absolute atomic E-state index is 0.632. The minimum Gasteiger partial charge on any atom is -0.275 e. The third-order valence-corrected chi connectivity index (χ3v) is 3.25. The summed E-state index contributed by atoms with van der Waals surface area (Å²) < 4.78 is 37.9. The SMILES string of the molecule is CC(c1ccccc1)N1C(=O)CC(C(F)(F)F)C1=O. The Morgan fingerprint density at radius 2 is 1.79 bits per heavy atom. The second kappa shape index (κ2) is 4.68. The molecule has 0 N–H and O–H groups in total. The number of likely N-dealkylation sites (tertiary alicyclic amines) is 1.